The number of rotatable bonds is 4. The van der Waals surface area contributed by atoms with Gasteiger partial charge in [-0.2, -0.15) is 0 Å². The Labute approximate surface area is 136 Å². The lowest BCUT2D eigenvalue weighted by molar-refractivity contribution is 0.0780. The van der Waals surface area contributed by atoms with Crippen molar-refractivity contribution in [3.05, 3.63) is 29.3 Å². The van der Waals surface area contributed by atoms with Gasteiger partial charge in [-0.05, 0) is 30.9 Å². The van der Waals surface area contributed by atoms with Crippen molar-refractivity contribution in [3.8, 4) is 5.75 Å². The van der Waals surface area contributed by atoms with Crippen molar-refractivity contribution >= 4 is 12.4 Å². The fourth-order valence-corrected chi connectivity index (χ4v) is 3.41. The molecule has 2 aliphatic rings. The van der Waals surface area contributed by atoms with Crippen LogP contribution in [0.3, 0.4) is 0 Å². The lowest BCUT2D eigenvalue weighted by atomic mass is 9.76. The predicted octanol–water partition coefficient (Wildman–Crippen LogP) is 3.14. The second kappa shape index (κ2) is 7.57. The standard InChI is InChI=1S/C16H22F2N2O.ClH/c1-21-13-6-5-12(17)14(15(13)18)16(11-3-2-4-11)20-9-7-19-8-10-20;/h5-6,11,16,19H,2-4,7-10H2,1H3;1H/t16-;/m1./s1. The minimum absolute atomic E-state index is 0. The van der Waals surface area contributed by atoms with Crippen molar-refractivity contribution in [2.75, 3.05) is 33.3 Å². The highest BCUT2D eigenvalue weighted by Crippen LogP contribution is 2.44. The van der Waals surface area contributed by atoms with Gasteiger partial charge in [0.25, 0.3) is 0 Å². The van der Waals surface area contributed by atoms with Gasteiger partial charge in [-0.3, -0.25) is 4.90 Å². The average Bonchev–Trinajstić information content (AvgIpc) is 2.45. The Morgan fingerprint density at radius 2 is 1.91 bits per heavy atom. The van der Waals surface area contributed by atoms with Crippen LogP contribution in [0.25, 0.3) is 0 Å². The average molecular weight is 333 g/mol. The smallest absolute Gasteiger partial charge is 0.172 e. The molecule has 3 rings (SSSR count). The molecule has 0 aromatic heterocycles. The van der Waals surface area contributed by atoms with Gasteiger partial charge in [-0.15, -0.1) is 12.4 Å². The number of hydrogen-bond donors (Lipinski definition) is 1. The van der Waals surface area contributed by atoms with Gasteiger partial charge in [0.05, 0.1) is 7.11 Å². The molecule has 22 heavy (non-hydrogen) atoms. The van der Waals surface area contributed by atoms with E-state index in [-0.39, 0.29) is 29.8 Å². The predicted molar refractivity (Wildman–Crippen MR) is 84.7 cm³/mol. The van der Waals surface area contributed by atoms with Crippen molar-refractivity contribution < 1.29 is 13.5 Å². The number of benzene rings is 1. The third-order valence-corrected chi connectivity index (χ3v) is 4.75. The molecule has 1 aliphatic carbocycles. The van der Waals surface area contributed by atoms with Crippen molar-refractivity contribution in [2.45, 2.75) is 25.3 Å². The maximum atomic E-state index is 14.7. The molecule has 1 aliphatic heterocycles. The van der Waals surface area contributed by atoms with Gasteiger partial charge in [0, 0.05) is 37.8 Å². The molecule has 2 fully saturated rings. The second-order valence-corrected chi connectivity index (χ2v) is 5.90. The Morgan fingerprint density at radius 1 is 1.23 bits per heavy atom. The molecule has 6 heteroatoms. The first-order chi connectivity index (χ1) is 10.2. The minimum atomic E-state index is -0.534. The molecule has 0 amide bonds. The number of nitrogens with one attached hydrogen (secondary N) is 1. The summed E-state index contributed by atoms with van der Waals surface area (Å²) < 4.78 is 34.0. The summed E-state index contributed by atoms with van der Waals surface area (Å²) in [5.74, 6) is -0.512. The lowest BCUT2D eigenvalue weighted by Crippen LogP contribution is -2.48. The molecule has 0 bridgehead atoms. The third-order valence-electron chi connectivity index (χ3n) is 4.75. The highest BCUT2D eigenvalue weighted by molar-refractivity contribution is 5.85. The number of piperazine rings is 1. The van der Waals surface area contributed by atoms with Gasteiger partial charge in [0.1, 0.15) is 5.82 Å². The zero-order valence-corrected chi connectivity index (χ0v) is 13.6. The van der Waals surface area contributed by atoms with Crippen LogP contribution in [0.1, 0.15) is 30.9 Å². The summed E-state index contributed by atoms with van der Waals surface area (Å²) in [5, 5.41) is 3.29. The summed E-state index contributed by atoms with van der Waals surface area (Å²) in [6, 6.07) is 2.52. The van der Waals surface area contributed by atoms with E-state index in [1.54, 1.807) is 0 Å². The topological polar surface area (TPSA) is 24.5 Å². The quantitative estimate of drug-likeness (QED) is 0.916. The van der Waals surface area contributed by atoms with Crippen LogP contribution in [0, 0.1) is 17.6 Å². The molecule has 1 saturated carbocycles. The molecule has 0 radical (unpaired) electrons. The molecule has 1 aromatic rings. The SMILES string of the molecule is COc1ccc(F)c([C@@H](C2CCC2)N2CCNCC2)c1F.Cl. The van der Waals surface area contributed by atoms with Crippen LogP contribution in [-0.2, 0) is 0 Å². The monoisotopic (exact) mass is 332 g/mol. The van der Waals surface area contributed by atoms with Crippen LogP contribution >= 0.6 is 12.4 Å². The van der Waals surface area contributed by atoms with E-state index >= 15 is 0 Å². The highest BCUT2D eigenvalue weighted by atomic mass is 35.5. The molecule has 3 nitrogen and oxygen atoms in total. The number of ether oxygens (including phenoxy) is 1. The van der Waals surface area contributed by atoms with Gasteiger partial charge >= 0.3 is 0 Å². The van der Waals surface area contributed by atoms with E-state index in [1.165, 1.54) is 19.2 Å². The van der Waals surface area contributed by atoms with Crippen LogP contribution in [0.4, 0.5) is 8.78 Å². The Kier molecular flexibility index (Phi) is 6.01. The number of nitrogens with zero attached hydrogens (tertiary/aromatic N) is 1. The maximum absolute atomic E-state index is 14.7. The van der Waals surface area contributed by atoms with Crippen LogP contribution in [-0.4, -0.2) is 38.2 Å². The van der Waals surface area contributed by atoms with E-state index in [0.29, 0.717) is 5.92 Å². The van der Waals surface area contributed by atoms with Crippen molar-refractivity contribution in [2.24, 2.45) is 5.92 Å². The summed E-state index contributed by atoms with van der Waals surface area (Å²) in [6.45, 7) is 3.40. The Morgan fingerprint density at radius 3 is 2.45 bits per heavy atom. The van der Waals surface area contributed by atoms with Crippen molar-refractivity contribution in [3.63, 3.8) is 0 Å². The Balaban J connectivity index is 0.00000176. The fraction of sp³-hybridized carbons (Fsp3) is 0.625. The van der Waals surface area contributed by atoms with Crippen molar-refractivity contribution in [1.29, 1.82) is 0 Å². The van der Waals surface area contributed by atoms with E-state index in [2.05, 4.69) is 10.2 Å². The van der Waals surface area contributed by atoms with E-state index in [0.717, 1.165) is 45.4 Å². The molecule has 1 atom stereocenters. The Hall–Kier alpha value is -0.910. The summed E-state index contributed by atoms with van der Waals surface area (Å²) >= 11 is 0. The molecule has 1 N–H and O–H groups in total. The van der Waals surface area contributed by atoms with E-state index < -0.39 is 11.6 Å². The number of halogens is 3. The van der Waals surface area contributed by atoms with E-state index in [9.17, 15) is 8.78 Å². The largest absolute Gasteiger partial charge is 0.494 e. The molecule has 0 unspecified atom stereocenters. The second-order valence-electron chi connectivity index (χ2n) is 5.90. The molecular weight excluding hydrogens is 310 g/mol. The lowest BCUT2D eigenvalue weighted by Gasteiger charge is -2.43. The van der Waals surface area contributed by atoms with Gasteiger partial charge in [0.2, 0.25) is 0 Å². The first-order valence-electron chi connectivity index (χ1n) is 7.69. The van der Waals surface area contributed by atoms with Gasteiger partial charge in [-0.25, -0.2) is 8.78 Å². The summed E-state index contributed by atoms with van der Waals surface area (Å²) in [6.07, 6.45) is 3.25. The van der Waals surface area contributed by atoms with Crippen molar-refractivity contribution in [1.82, 2.24) is 10.2 Å². The normalized spacial score (nSPS) is 20.9. The zero-order chi connectivity index (χ0) is 14.8. The van der Waals surface area contributed by atoms with E-state index in [4.69, 9.17) is 4.74 Å². The third kappa shape index (κ3) is 3.21. The molecular formula is C16H23ClF2N2O. The molecule has 1 saturated heterocycles. The first kappa shape index (κ1) is 17.4. The van der Waals surface area contributed by atoms with Gasteiger partial charge in [-0.1, -0.05) is 6.42 Å². The highest BCUT2D eigenvalue weighted by Gasteiger charge is 2.37. The van der Waals surface area contributed by atoms with Crippen LogP contribution < -0.4 is 10.1 Å². The molecule has 1 heterocycles. The number of methoxy groups -OCH3 is 1. The Bertz CT molecular complexity index is 505. The van der Waals surface area contributed by atoms with Gasteiger partial charge in [0.15, 0.2) is 11.6 Å². The van der Waals surface area contributed by atoms with Crippen LogP contribution in [0.2, 0.25) is 0 Å². The fourth-order valence-electron chi connectivity index (χ4n) is 3.41. The summed E-state index contributed by atoms with van der Waals surface area (Å²) in [7, 11) is 1.42. The first-order valence-corrected chi connectivity index (χ1v) is 7.69. The maximum Gasteiger partial charge on any atom is 0.172 e. The molecule has 1 aromatic carbocycles. The minimum Gasteiger partial charge on any atom is -0.494 e. The van der Waals surface area contributed by atoms with E-state index in [1.807, 2.05) is 0 Å². The summed E-state index contributed by atoms with van der Waals surface area (Å²) in [5.41, 5.74) is 0.195. The van der Waals surface area contributed by atoms with Crippen LogP contribution in [0.15, 0.2) is 12.1 Å². The molecule has 0 spiro atoms. The molecule has 124 valence electrons. The van der Waals surface area contributed by atoms with Crippen LogP contribution in [0.5, 0.6) is 5.75 Å². The van der Waals surface area contributed by atoms with Gasteiger partial charge < -0.3 is 10.1 Å². The zero-order valence-electron chi connectivity index (χ0n) is 12.8. The summed E-state index contributed by atoms with van der Waals surface area (Å²) in [4.78, 5) is 2.22. The number of hydrogen-bond acceptors (Lipinski definition) is 3.